The molecule has 16 heavy (non-hydrogen) atoms. The van der Waals surface area contributed by atoms with Crippen LogP contribution >= 0.6 is 11.6 Å². The summed E-state index contributed by atoms with van der Waals surface area (Å²) in [4.78, 5) is 0. The van der Waals surface area contributed by atoms with Crippen LogP contribution in [0.4, 0.5) is 4.39 Å². The van der Waals surface area contributed by atoms with Crippen LogP contribution in [0.15, 0.2) is 6.07 Å². The Labute approximate surface area is 97.3 Å². The van der Waals surface area contributed by atoms with Gasteiger partial charge in [0.05, 0.1) is 0 Å². The lowest BCUT2D eigenvalue weighted by Crippen LogP contribution is -2.25. The topological polar surface area (TPSA) is 44.5 Å². The highest BCUT2D eigenvalue weighted by Gasteiger charge is 2.39. The molecule has 0 atom stereocenters. The second-order valence-electron chi connectivity index (χ2n) is 4.44. The summed E-state index contributed by atoms with van der Waals surface area (Å²) in [5, 5.41) is -0.00532. The fourth-order valence-corrected chi connectivity index (χ4v) is 2.14. The van der Waals surface area contributed by atoms with Crippen LogP contribution in [0.2, 0.25) is 5.02 Å². The first kappa shape index (κ1) is 10.2. The van der Waals surface area contributed by atoms with E-state index in [-0.39, 0.29) is 17.4 Å². The fourth-order valence-electron chi connectivity index (χ4n) is 1.87. The van der Waals surface area contributed by atoms with Gasteiger partial charge in [0.15, 0.2) is 11.5 Å². The van der Waals surface area contributed by atoms with Crippen LogP contribution in [0.5, 0.6) is 11.5 Å². The summed E-state index contributed by atoms with van der Waals surface area (Å²) in [7, 11) is 0. The quantitative estimate of drug-likeness (QED) is 0.867. The van der Waals surface area contributed by atoms with Crippen molar-refractivity contribution in [2.45, 2.75) is 24.8 Å². The molecule has 1 aromatic rings. The number of rotatable bonds is 2. The molecule has 0 aromatic heterocycles. The number of ether oxygens (including phenoxy) is 2. The lowest BCUT2D eigenvalue weighted by atomic mass is 10.0. The maximum absolute atomic E-state index is 13.9. The summed E-state index contributed by atoms with van der Waals surface area (Å²) in [5.41, 5.74) is 6.22. The Hall–Kier alpha value is -1.00. The van der Waals surface area contributed by atoms with Gasteiger partial charge in [-0.1, -0.05) is 11.6 Å². The standard InChI is InChI=1S/C11H11ClFNO2/c12-8-9(13)6(4-11(14)1-2-11)3-7-10(8)16-5-15-7/h3H,1-2,4-5,14H2. The lowest BCUT2D eigenvalue weighted by Gasteiger charge is -2.11. The van der Waals surface area contributed by atoms with Gasteiger partial charge >= 0.3 is 0 Å². The monoisotopic (exact) mass is 243 g/mol. The van der Waals surface area contributed by atoms with E-state index in [2.05, 4.69) is 0 Å². The maximum Gasteiger partial charge on any atom is 0.231 e. The van der Waals surface area contributed by atoms with Crippen molar-refractivity contribution in [3.8, 4) is 11.5 Å². The molecule has 2 aliphatic rings. The van der Waals surface area contributed by atoms with E-state index in [9.17, 15) is 4.39 Å². The van der Waals surface area contributed by atoms with Crippen molar-refractivity contribution < 1.29 is 13.9 Å². The first-order chi connectivity index (χ1) is 7.59. The van der Waals surface area contributed by atoms with Crippen LogP contribution in [0.1, 0.15) is 18.4 Å². The average Bonchev–Trinajstić information content (AvgIpc) is 2.79. The number of benzene rings is 1. The van der Waals surface area contributed by atoms with Gasteiger partial charge in [-0.15, -0.1) is 0 Å². The third kappa shape index (κ3) is 1.53. The summed E-state index contributed by atoms with van der Waals surface area (Å²) in [6.45, 7) is 0.0890. The fraction of sp³-hybridized carbons (Fsp3) is 0.455. The number of nitrogens with two attached hydrogens (primary N) is 1. The first-order valence-corrected chi connectivity index (χ1v) is 5.52. The predicted molar refractivity (Wildman–Crippen MR) is 57.4 cm³/mol. The minimum Gasteiger partial charge on any atom is -0.454 e. The van der Waals surface area contributed by atoms with Crippen LogP contribution in [0.3, 0.4) is 0 Å². The van der Waals surface area contributed by atoms with E-state index in [1.807, 2.05) is 0 Å². The van der Waals surface area contributed by atoms with E-state index >= 15 is 0 Å². The van der Waals surface area contributed by atoms with Crippen molar-refractivity contribution in [1.82, 2.24) is 0 Å². The third-order valence-electron chi connectivity index (χ3n) is 3.06. The molecule has 0 spiro atoms. The predicted octanol–water partition coefficient (Wildman–Crippen LogP) is 2.24. The second-order valence-corrected chi connectivity index (χ2v) is 4.81. The van der Waals surface area contributed by atoms with Crippen LogP contribution in [0, 0.1) is 5.82 Å². The van der Waals surface area contributed by atoms with Crippen molar-refractivity contribution in [1.29, 1.82) is 0 Å². The van der Waals surface area contributed by atoms with Gasteiger partial charge in [-0.2, -0.15) is 0 Å². The van der Waals surface area contributed by atoms with Gasteiger partial charge in [0.1, 0.15) is 10.8 Å². The van der Waals surface area contributed by atoms with Crippen LogP contribution in [-0.2, 0) is 6.42 Å². The number of hydrogen-bond donors (Lipinski definition) is 1. The molecular formula is C11H11ClFNO2. The number of hydrogen-bond acceptors (Lipinski definition) is 3. The Morgan fingerprint density at radius 3 is 2.88 bits per heavy atom. The molecule has 1 heterocycles. The van der Waals surface area contributed by atoms with Crippen molar-refractivity contribution in [2.24, 2.45) is 5.73 Å². The van der Waals surface area contributed by atoms with E-state index in [0.717, 1.165) is 12.8 Å². The Kier molecular flexibility index (Phi) is 2.06. The number of fused-ring (bicyclic) bond motifs is 1. The highest BCUT2D eigenvalue weighted by molar-refractivity contribution is 6.32. The van der Waals surface area contributed by atoms with Crippen molar-refractivity contribution >= 4 is 11.6 Å². The van der Waals surface area contributed by atoms with Gasteiger partial charge in [-0.3, -0.25) is 0 Å². The molecule has 1 fully saturated rings. The molecule has 1 aliphatic carbocycles. The highest BCUT2D eigenvalue weighted by Crippen LogP contribution is 2.44. The zero-order chi connectivity index (χ0) is 11.3. The van der Waals surface area contributed by atoms with Gasteiger partial charge in [0.2, 0.25) is 6.79 Å². The SMILES string of the molecule is NC1(Cc2cc3c(c(Cl)c2F)OCO3)CC1. The maximum atomic E-state index is 13.9. The number of halogens is 2. The van der Waals surface area contributed by atoms with Gasteiger partial charge < -0.3 is 15.2 Å². The van der Waals surface area contributed by atoms with Gasteiger partial charge in [0.25, 0.3) is 0 Å². The van der Waals surface area contributed by atoms with Crippen molar-refractivity contribution in [2.75, 3.05) is 6.79 Å². The second kappa shape index (κ2) is 3.25. The van der Waals surface area contributed by atoms with E-state index < -0.39 is 5.82 Å². The smallest absolute Gasteiger partial charge is 0.231 e. The molecule has 0 amide bonds. The van der Waals surface area contributed by atoms with E-state index in [1.54, 1.807) is 6.07 Å². The molecule has 1 saturated carbocycles. The average molecular weight is 244 g/mol. The summed E-state index contributed by atoms with van der Waals surface area (Å²) in [5.74, 6) is 0.359. The Morgan fingerprint density at radius 2 is 2.19 bits per heavy atom. The first-order valence-electron chi connectivity index (χ1n) is 5.14. The molecule has 1 aliphatic heterocycles. The van der Waals surface area contributed by atoms with Crippen molar-refractivity contribution in [3.63, 3.8) is 0 Å². The Morgan fingerprint density at radius 1 is 1.44 bits per heavy atom. The van der Waals surface area contributed by atoms with E-state index in [0.29, 0.717) is 23.5 Å². The molecule has 3 nitrogen and oxygen atoms in total. The molecule has 1 aromatic carbocycles. The molecule has 0 saturated heterocycles. The highest BCUT2D eigenvalue weighted by atomic mass is 35.5. The molecule has 0 bridgehead atoms. The summed E-state index contributed by atoms with van der Waals surface area (Å²) in [6.07, 6.45) is 2.35. The summed E-state index contributed by atoms with van der Waals surface area (Å²) >= 11 is 5.87. The zero-order valence-electron chi connectivity index (χ0n) is 8.56. The van der Waals surface area contributed by atoms with Gasteiger partial charge in [-0.25, -0.2) is 4.39 Å². The van der Waals surface area contributed by atoms with E-state index in [4.69, 9.17) is 26.8 Å². The normalized spacial score (nSPS) is 19.9. The van der Waals surface area contributed by atoms with Gasteiger partial charge in [0, 0.05) is 5.54 Å². The van der Waals surface area contributed by atoms with Crippen molar-refractivity contribution in [3.05, 3.63) is 22.5 Å². The molecule has 2 N–H and O–H groups in total. The molecular weight excluding hydrogens is 233 g/mol. The van der Waals surface area contributed by atoms with Crippen LogP contribution in [-0.4, -0.2) is 12.3 Å². The van der Waals surface area contributed by atoms with Gasteiger partial charge in [-0.05, 0) is 30.9 Å². The van der Waals surface area contributed by atoms with Crippen LogP contribution < -0.4 is 15.2 Å². The summed E-state index contributed by atoms with van der Waals surface area (Å²) < 4.78 is 24.2. The van der Waals surface area contributed by atoms with Crippen LogP contribution in [0.25, 0.3) is 0 Å². The minimum absolute atomic E-state index is 0.00532. The molecule has 0 radical (unpaired) electrons. The van der Waals surface area contributed by atoms with E-state index in [1.165, 1.54) is 0 Å². The zero-order valence-corrected chi connectivity index (χ0v) is 9.31. The Balaban J connectivity index is 2.02. The largest absolute Gasteiger partial charge is 0.454 e. The molecule has 0 unspecified atom stereocenters. The summed E-state index contributed by atoms with van der Waals surface area (Å²) in [6, 6.07) is 1.64. The molecule has 86 valence electrons. The third-order valence-corrected chi connectivity index (χ3v) is 3.39. The molecule has 3 rings (SSSR count). The molecule has 5 heteroatoms. The minimum atomic E-state index is -0.442. The Bertz CT molecular complexity index is 460. The lowest BCUT2D eigenvalue weighted by molar-refractivity contribution is 0.174.